The number of nitrogens with two attached hydrogens (primary N) is 1. The van der Waals surface area contributed by atoms with Gasteiger partial charge in [-0.25, -0.2) is 4.98 Å². The topological polar surface area (TPSA) is 72.3 Å². The molecular weight excluding hydrogens is 264 g/mol. The maximum absolute atomic E-state index is 6.06. The Morgan fingerprint density at radius 2 is 2.14 bits per heavy atom. The highest BCUT2D eigenvalue weighted by Gasteiger charge is 2.21. The second-order valence-corrected chi connectivity index (χ2v) is 5.35. The Hall–Kier alpha value is -2.63. The molecule has 0 atom stereocenters. The molecule has 0 unspecified atom stereocenters. The van der Waals surface area contributed by atoms with Gasteiger partial charge in [0.15, 0.2) is 5.82 Å². The number of hydrogen-bond acceptors (Lipinski definition) is 5. The molecule has 3 aromatic rings. The molecule has 4 rings (SSSR count). The first-order valence-electron chi connectivity index (χ1n) is 7.01. The molecule has 2 aromatic heterocycles. The van der Waals surface area contributed by atoms with Crippen molar-refractivity contribution in [2.75, 3.05) is 17.2 Å². The normalized spacial score (nSPS) is 14.4. The molecule has 0 amide bonds. The largest absolute Gasteiger partial charge is 0.398 e. The van der Waals surface area contributed by atoms with E-state index < -0.39 is 0 Å². The zero-order valence-corrected chi connectivity index (χ0v) is 11.8. The van der Waals surface area contributed by atoms with Crippen LogP contribution in [0.2, 0.25) is 0 Å². The summed E-state index contributed by atoms with van der Waals surface area (Å²) in [5.41, 5.74) is 10.3. The van der Waals surface area contributed by atoms with Gasteiger partial charge in [-0.3, -0.25) is 4.40 Å². The minimum atomic E-state index is 0.805. The van der Waals surface area contributed by atoms with Crippen molar-refractivity contribution in [1.29, 1.82) is 0 Å². The Morgan fingerprint density at radius 1 is 1.24 bits per heavy atom. The van der Waals surface area contributed by atoms with Crippen LogP contribution in [0.15, 0.2) is 30.6 Å². The fourth-order valence-corrected chi connectivity index (χ4v) is 2.97. The summed E-state index contributed by atoms with van der Waals surface area (Å²) in [6.45, 7) is 3.63. The van der Waals surface area contributed by atoms with Crippen LogP contribution < -0.4 is 10.6 Å². The molecule has 0 radical (unpaired) electrons. The molecule has 0 spiro atoms. The Bertz CT molecular complexity index is 822. The SMILES string of the molecule is Cc1nnc2c(N3CCc4c(N)cccc4C3)nccn12. The van der Waals surface area contributed by atoms with E-state index in [4.69, 9.17) is 5.73 Å². The Labute approximate surface area is 122 Å². The van der Waals surface area contributed by atoms with E-state index in [1.165, 1.54) is 11.1 Å². The van der Waals surface area contributed by atoms with Crippen LogP contribution in [0.5, 0.6) is 0 Å². The predicted molar refractivity (Wildman–Crippen MR) is 81.1 cm³/mol. The van der Waals surface area contributed by atoms with Crippen LogP contribution in [0.25, 0.3) is 5.65 Å². The van der Waals surface area contributed by atoms with Crippen LogP contribution in [-0.2, 0) is 13.0 Å². The maximum atomic E-state index is 6.06. The molecule has 3 heterocycles. The molecule has 21 heavy (non-hydrogen) atoms. The fourth-order valence-electron chi connectivity index (χ4n) is 2.97. The molecule has 6 nitrogen and oxygen atoms in total. The van der Waals surface area contributed by atoms with Crippen molar-refractivity contribution in [3.63, 3.8) is 0 Å². The van der Waals surface area contributed by atoms with E-state index >= 15 is 0 Å². The first-order valence-corrected chi connectivity index (χ1v) is 7.01. The van der Waals surface area contributed by atoms with Crippen LogP contribution in [0.3, 0.4) is 0 Å². The highest BCUT2D eigenvalue weighted by molar-refractivity contribution is 5.65. The van der Waals surface area contributed by atoms with Gasteiger partial charge in [0.1, 0.15) is 5.82 Å². The van der Waals surface area contributed by atoms with Crippen LogP contribution in [0.4, 0.5) is 11.5 Å². The molecule has 1 aliphatic rings. The van der Waals surface area contributed by atoms with Crippen molar-refractivity contribution in [2.24, 2.45) is 0 Å². The third-order valence-electron chi connectivity index (χ3n) is 4.08. The van der Waals surface area contributed by atoms with Gasteiger partial charge in [0.2, 0.25) is 5.65 Å². The number of rotatable bonds is 1. The highest BCUT2D eigenvalue weighted by Crippen LogP contribution is 2.28. The summed E-state index contributed by atoms with van der Waals surface area (Å²) in [4.78, 5) is 6.75. The second kappa shape index (κ2) is 4.44. The lowest BCUT2D eigenvalue weighted by Gasteiger charge is -2.30. The molecule has 6 heteroatoms. The molecule has 0 aliphatic carbocycles. The van der Waals surface area contributed by atoms with Gasteiger partial charge in [-0.1, -0.05) is 12.1 Å². The van der Waals surface area contributed by atoms with Gasteiger partial charge in [-0.15, -0.1) is 10.2 Å². The number of nitrogens with zero attached hydrogens (tertiary/aromatic N) is 5. The van der Waals surface area contributed by atoms with Gasteiger partial charge in [0.05, 0.1) is 0 Å². The average Bonchev–Trinajstić information content (AvgIpc) is 2.89. The van der Waals surface area contributed by atoms with Gasteiger partial charge in [-0.2, -0.15) is 0 Å². The molecule has 1 aromatic carbocycles. The van der Waals surface area contributed by atoms with Crippen molar-refractivity contribution in [3.8, 4) is 0 Å². The van der Waals surface area contributed by atoms with E-state index in [1.54, 1.807) is 6.20 Å². The first kappa shape index (κ1) is 12.1. The third kappa shape index (κ3) is 1.83. The number of aryl methyl sites for hydroxylation is 1. The van der Waals surface area contributed by atoms with E-state index in [0.717, 1.165) is 42.5 Å². The summed E-state index contributed by atoms with van der Waals surface area (Å²) in [7, 11) is 0. The maximum Gasteiger partial charge on any atom is 0.203 e. The number of anilines is 2. The first-order chi connectivity index (χ1) is 10.2. The summed E-state index contributed by atoms with van der Waals surface area (Å²) in [6.07, 6.45) is 4.62. The van der Waals surface area contributed by atoms with Crippen molar-refractivity contribution in [1.82, 2.24) is 19.6 Å². The zero-order valence-electron chi connectivity index (χ0n) is 11.8. The molecular formula is C15H16N6. The van der Waals surface area contributed by atoms with E-state index in [1.807, 2.05) is 29.7 Å². The molecule has 2 N–H and O–H groups in total. The van der Waals surface area contributed by atoms with Crippen LogP contribution in [0, 0.1) is 6.92 Å². The smallest absolute Gasteiger partial charge is 0.203 e. The highest BCUT2D eigenvalue weighted by atomic mass is 15.3. The predicted octanol–water partition coefficient (Wildman–Crippen LogP) is 1.58. The number of fused-ring (bicyclic) bond motifs is 2. The minimum Gasteiger partial charge on any atom is -0.398 e. The molecule has 0 fully saturated rings. The third-order valence-corrected chi connectivity index (χ3v) is 4.08. The number of benzene rings is 1. The molecule has 1 aliphatic heterocycles. The number of aromatic nitrogens is 4. The second-order valence-electron chi connectivity index (χ2n) is 5.35. The van der Waals surface area contributed by atoms with E-state index in [2.05, 4.69) is 26.1 Å². The van der Waals surface area contributed by atoms with Crippen molar-refractivity contribution >= 4 is 17.2 Å². The summed E-state index contributed by atoms with van der Waals surface area (Å²) < 4.78 is 1.97. The van der Waals surface area contributed by atoms with Crippen LogP contribution in [0.1, 0.15) is 17.0 Å². The van der Waals surface area contributed by atoms with Crippen LogP contribution in [-0.4, -0.2) is 26.1 Å². The lowest BCUT2D eigenvalue weighted by Crippen LogP contribution is -2.32. The molecule has 0 saturated carbocycles. The Morgan fingerprint density at radius 3 is 3.05 bits per heavy atom. The minimum absolute atomic E-state index is 0.805. The fraction of sp³-hybridized carbons (Fsp3) is 0.267. The van der Waals surface area contributed by atoms with Gasteiger partial charge >= 0.3 is 0 Å². The van der Waals surface area contributed by atoms with Crippen molar-refractivity contribution in [2.45, 2.75) is 19.9 Å². The quantitative estimate of drug-likeness (QED) is 0.685. The van der Waals surface area contributed by atoms with Crippen molar-refractivity contribution in [3.05, 3.63) is 47.5 Å². The van der Waals surface area contributed by atoms with Crippen LogP contribution >= 0.6 is 0 Å². The molecule has 0 bridgehead atoms. The lowest BCUT2D eigenvalue weighted by atomic mass is 9.98. The molecule has 0 saturated heterocycles. The summed E-state index contributed by atoms with van der Waals surface area (Å²) in [5, 5.41) is 8.39. The van der Waals surface area contributed by atoms with Crippen molar-refractivity contribution < 1.29 is 0 Å². The summed E-state index contributed by atoms with van der Waals surface area (Å²) >= 11 is 0. The Balaban J connectivity index is 1.78. The van der Waals surface area contributed by atoms with E-state index in [9.17, 15) is 0 Å². The summed E-state index contributed by atoms with van der Waals surface area (Å²) in [5.74, 6) is 1.75. The monoisotopic (exact) mass is 280 g/mol. The number of hydrogen-bond donors (Lipinski definition) is 1. The van der Waals surface area contributed by atoms with E-state index in [-0.39, 0.29) is 0 Å². The average molecular weight is 280 g/mol. The standard InChI is InChI=1S/C15H16N6/c1-10-18-19-15-14(17-6-8-21(10)15)20-7-5-12-11(9-20)3-2-4-13(12)16/h2-4,6,8H,5,7,9,16H2,1H3. The Kier molecular flexibility index (Phi) is 2.57. The van der Waals surface area contributed by atoms with Gasteiger partial charge in [0, 0.05) is 31.2 Å². The molecule has 106 valence electrons. The lowest BCUT2D eigenvalue weighted by molar-refractivity contribution is 0.722. The van der Waals surface area contributed by atoms with Gasteiger partial charge in [-0.05, 0) is 30.5 Å². The number of nitrogen functional groups attached to an aromatic ring is 1. The summed E-state index contributed by atoms with van der Waals surface area (Å²) in [6, 6.07) is 6.11. The van der Waals surface area contributed by atoms with Gasteiger partial charge in [0.25, 0.3) is 0 Å². The van der Waals surface area contributed by atoms with Gasteiger partial charge < -0.3 is 10.6 Å². The van der Waals surface area contributed by atoms with E-state index in [0.29, 0.717) is 0 Å². The zero-order chi connectivity index (χ0) is 14.4.